The Labute approximate surface area is 209 Å². The summed E-state index contributed by atoms with van der Waals surface area (Å²) in [5, 5.41) is 10.0. The fourth-order valence-electron chi connectivity index (χ4n) is 4.63. The summed E-state index contributed by atoms with van der Waals surface area (Å²) in [6, 6.07) is 10.5. The van der Waals surface area contributed by atoms with Crippen LogP contribution in [0.15, 0.2) is 30.3 Å². The van der Waals surface area contributed by atoms with Gasteiger partial charge in [-0.25, -0.2) is 4.98 Å². The first-order chi connectivity index (χ1) is 16.8. The third-order valence-corrected chi connectivity index (χ3v) is 7.24. The minimum absolute atomic E-state index is 0.0425. The molecule has 186 valence electrons. The second-order valence-electron chi connectivity index (χ2n) is 9.55. The van der Waals surface area contributed by atoms with Crippen LogP contribution in [-0.4, -0.2) is 82.0 Å². The summed E-state index contributed by atoms with van der Waals surface area (Å²) in [4.78, 5) is 28.2. The molecule has 3 aromatic rings. The quantitative estimate of drug-likeness (QED) is 0.527. The van der Waals surface area contributed by atoms with Crippen molar-refractivity contribution in [1.29, 1.82) is 0 Å². The van der Waals surface area contributed by atoms with Gasteiger partial charge in [-0.1, -0.05) is 23.7 Å². The van der Waals surface area contributed by atoms with Gasteiger partial charge in [0.25, 0.3) is 6.01 Å². The van der Waals surface area contributed by atoms with Crippen LogP contribution in [0.5, 0.6) is 6.01 Å². The monoisotopic (exact) mass is 499 g/mol. The van der Waals surface area contributed by atoms with Gasteiger partial charge in [-0.15, -0.1) is 0 Å². The zero-order valence-electron chi connectivity index (χ0n) is 20.0. The molecule has 2 aliphatic heterocycles. The number of benzene rings is 1. The van der Waals surface area contributed by atoms with Crippen molar-refractivity contribution in [3.63, 3.8) is 0 Å². The van der Waals surface area contributed by atoms with E-state index in [2.05, 4.69) is 27.0 Å². The Morgan fingerprint density at radius 2 is 1.83 bits per heavy atom. The van der Waals surface area contributed by atoms with Crippen LogP contribution in [0, 0.1) is 0 Å². The van der Waals surface area contributed by atoms with Gasteiger partial charge >= 0.3 is 5.97 Å². The number of imidazole rings is 1. The number of aliphatic carboxylic acids is 1. The van der Waals surface area contributed by atoms with Gasteiger partial charge in [-0.2, -0.15) is 4.98 Å². The number of aromatic nitrogens is 3. The largest absolute Gasteiger partial charge is 0.480 e. The summed E-state index contributed by atoms with van der Waals surface area (Å²) >= 11 is 6.58. The minimum atomic E-state index is -0.887. The maximum atomic E-state index is 11.5. The average molecular weight is 500 g/mol. The number of rotatable bonds is 6. The summed E-state index contributed by atoms with van der Waals surface area (Å²) in [5.41, 5.74) is 3.12. The van der Waals surface area contributed by atoms with E-state index in [9.17, 15) is 9.90 Å². The summed E-state index contributed by atoms with van der Waals surface area (Å²) in [6.45, 7) is 8.03. The van der Waals surface area contributed by atoms with Crippen LogP contribution in [0.3, 0.4) is 0 Å². The van der Waals surface area contributed by atoms with Crippen LogP contribution in [0.1, 0.15) is 26.7 Å². The molecule has 2 saturated heterocycles. The summed E-state index contributed by atoms with van der Waals surface area (Å²) in [5.74, 6) is -0.816. The normalized spacial score (nSPS) is 18.2. The van der Waals surface area contributed by atoms with E-state index in [0.717, 1.165) is 50.4 Å². The van der Waals surface area contributed by atoms with Crippen LogP contribution >= 0.6 is 11.6 Å². The number of likely N-dealkylation sites (tertiary alicyclic amines) is 1. The fourth-order valence-corrected chi connectivity index (χ4v) is 4.89. The Kier molecular flexibility index (Phi) is 6.57. The van der Waals surface area contributed by atoms with Crippen LogP contribution in [0.25, 0.3) is 22.4 Å². The second-order valence-corrected chi connectivity index (χ2v) is 9.95. The highest BCUT2D eigenvalue weighted by Crippen LogP contribution is 2.31. The van der Waals surface area contributed by atoms with Crippen molar-refractivity contribution in [1.82, 2.24) is 19.9 Å². The fraction of sp³-hybridized carbons (Fsp3) is 0.480. The number of nitrogens with zero attached hydrogens (tertiary/aromatic N) is 4. The first kappa shape index (κ1) is 23.8. The van der Waals surface area contributed by atoms with Crippen LogP contribution < -0.4 is 9.64 Å². The average Bonchev–Trinajstić information content (AvgIpc) is 3.25. The zero-order valence-corrected chi connectivity index (χ0v) is 20.7. The lowest BCUT2D eigenvalue weighted by Crippen LogP contribution is -2.54. The highest BCUT2D eigenvalue weighted by molar-refractivity contribution is 6.33. The molecule has 0 bridgehead atoms. The first-order valence-electron chi connectivity index (χ1n) is 12.0. The molecule has 0 aliphatic carbocycles. The molecule has 2 N–H and O–H groups in total. The first-order valence-corrected chi connectivity index (χ1v) is 12.3. The number of H-pyrrole nitrogens is 1. The van der Waals surface area contributed by atoms with Crippen molar-refractivity contribution >= 4 is 34.4 Å². The highest BCUT2D eigenvalue weighted by atomic mass is 35.5. The second kappa shape index (κ2) is 9.64. The molecule has 0 atom stereocenters. The van der Waals surface area contributed by atoms with E-state index in [1.54, 1.807) is 13.8 Å². The number of anilines is 1. The third kappa shape index (κ3) is 4.94. The van der Waals surface area contributed by atoms with E-state index < -0.39 is 11.5 Å². The van der Waals surface area contributed by atoms with Crippen LogP contribution in [0.2, 0.25) is 5.02 Å². The van der Waals surface area contributed by atoms with Crippen LogP contribution in [-0.2, 0) is 9.53 Å². The standard InChI is InChI=1S/C25H30ClN5O4/c1-25(2,23(32)33)31-9-7-18(8-10-31)35-24-27-20-15-19(26)21(28-22(20)29-24)16-3-5-17(6-4-16)30-11-13-34-14-12-30/h3-6,15,18H,7-14H2,1-2H3,(H,32,33)(H,27,28,29). The Balaban J connectivity index is 1.28. The molecule has 0 radical (unpaired) electrons. The molecule has 0 unspecified atom stereocenters. The van der Waals surface area contributed by atoms with E-state index in [-0.39, 0.29) is 6.10 Å². The number of nitrogens with one attached hydrogen (secondary N) is 1. The smallest absolute Gasteiger partial charge is 0.323 e. The third-order valence-electron chi connectivity index (χ3n) is 6.96. The van der Waals surface area contributed by atoms with Gasteiger partial charge in [0.15, 0.2) is 5.65 Å². The van der Waals surface area contributed by atoms with E-state index in [1.165, 1.54) is 0 Å². The van der Waals surface area contributed by atoms with E-state index in [1.807, 2.05) is 23.1 Å². The lowest BCUT2D eigenvalue weighted by Gasteiger charge is -2.39. The molecule has 5 rings (SSSR count). The predicted octanol–water partition coefficient (Wildman–Crippen LogP) is 3.82. The Hall–Kier alpha value is -2.88. The van der Waals surface area contributed by atoms with E-state index in [0.29, 0.717) is 41.0 Å². The molecule has 35 heavy (non-hydrogen) atoms. The van der Waals surface area contributed by atoms with Crippen molar-refractivity contribution in [2.24, 2.45) is 0 Å². The topological polar surface area (TPSA) is 104 Å². The van der Waals surface area contributed by atoms with Gasteiger partial charge < -0.3 is 24.5 Å². The van der Waals surface area contributed by atoms with Crippen molar-refractivity contribution in [3.05, 3.63) is 35.4 Å². The molecule has 2 aliphatic rings. The molecular weight excluding hydrogens is 470 g/mol. The molecule has 0 spiro atoms. The van der Waals surface area contributed by atoms with Crippen molar-refractivity contribution in [2.75, 3.05) is 44.3 Å². The number of ether oxygens (including phenoxy) is 2. The van der Waals surface area contributed by atoms with Gasteiger partial charge in [-0.3, -0.25) is 9.69 Å². The molecule has 4 heterocycles. The summed E-state index contributed by atoms with van der Waals surface area (Å²) in [6.07, 6.45) is 1.41. The molecular formula is C25H30ClN5O4. The number of fused-ring (bicyclic) bond motifs is 1. The summed E-state index contributed by atoms with van der Waals surface area (Å²) in [7, 11) is 0. The number of carbonyl (C=O) groups is 1. The lowest BCUT2D eigenvalue weighted by atomic mass is 9.98. The van der Waals surface area contributed by atoms with Crippen molar-refractivity contribution < 1.29 is 19.4 Å². The number of morpholine rings is 1. The zero-order chi connectivity index (χ0) is 24.6. The molecule has 1 aromatic carbocycles. The van der Waals surface area contributed by atoms with Crippen LogP contribution in [0.4, 0.5) is 5.69 Å². The lowest BCUT2D eigenvalue weighted by molar-refractivity contribution is -0.150. The van der Waals surface area contributed by atoms with Gasteiger partial charge in [0.05, 0.1) is 29.4 Å². The number of pyridine rings is 1. The molecule has 0 amide bonds. The van der Waals surface area contributed by atoms with Crippen molar-refractivity contribution in [3.8, 4) is 17.3 Å². The number of aromatic amines is 1. The summed E-state index contributed by atoms with van der Waals surface area (Å²) < 4.78 is 11.5. The number of piperidine rings is 1. The molecule has 0 saturated carbocycles. The van der Waals surface area contributed by atoms with Crippen molar-refractivity contribution in [2.45, 2.75) is 38.3 Å². The Bertz CT molecular complexity index is 1200. The van der Waals surface area contributed by atoms with Gasteiger partial charge in [0.1, 0.15) is 11.6 Å². The maximum absolute atomic E-state index is 11.5. The molecule has 2 fully saturated rings. The number of carboxylic acid groups (broad SMARTS) is 1. The SMILES string of the molecule is CC(C)(C(=O)O)N1CCC(Oc2nc3nc(-c4ccc(N5CCOCC5)cc4)c(Cl)cc3[nH]2)CC1. The number of hydrogen-bond acceptors (Lipinski definition) is 7. The highest BCUT2D eigenvalue weighted by Gasteiger charge is 2.37. The van der Waals surface area contributed by atoms with E-state index in [4.69, 9.17) is 26.1 Å². The Morgan fingerprint density at radius 3 is 2.49 bits per heavy atom. The maximum Gasteiger partial charge on any atom is 0.323 e. The van der Waals surface area contributed by atoms with E-state index >= 15 is 0 Å². The van der Waals surface area contributed by atoms with Gasteiger partial charge in [-0.05, 0) is 44.9 Å². The molecule has 10 heteroatoms. The minimum Gasteiger partial charge on any atom is -0.480 e. The number of hydrogen-bond donors (Lipinski definition) is 2. The molecule has 2 aromatic heterocycles. The predicted molar refractivity (Wildman–Crippen MR) is 134 cm³/mol. The van der Waals surface area contributed by atoms with Gasteiger partial charge in [0, 0.05) is 37.4 Å². The number of halogens is 1. The Morgan fingerprint density at radius 1 is 1.14 bits per heavy atom. The number of carboxylic acids is 1. The van der Waals surface area contributed by atoms with Gasteiger partial charge in [0.2, 0.25) is 0 Å². The molecule has 9 nitrogen and oxygen atoms in total.